The van der Waals surface area contributed by atoms with E-state index in [2.05, 4.69) is 15.5 Å². The van der Waals surface area contributed by atoms with Gasteiger partial charge < -0.3 is 19.5 Å². The second-order valence-electron chi connectivity index (χ2n) is 5.96. The van der Waals surface area contributed by atoms with Gasteiger partial charge in [-0.15, -0.1) is 0 Å². The zero-order chi connectivity index (χ0) is 16.4. The van der Waals surface area contributed by atoms with Crippen LogP contribution >= 0.6 is 0 Å². The number of benzene rings is 1. The predicted molar refractivity (Wildman–Crippen MR) is 86.3 cm³/mol. The van der Waals surface area contributed by atoms with Crippen LogP contribution < -0.4 is 14.8 Å². The van der Waals surface area contributed by atoms with Crippen molar-refractivity contribution in [2.45, 2.75) is 6.42 Å². The van der Waals surface area contributed by atoms with Crippen molar-refractivity contribution in [1.82, 2.24) is 15.5 Å². The van der Waals surface area contributed by atoms with Gasteiger partial charge in [-0.1, -0.05) is 0 Å². The lowest BCUT2D eigenvalue weighted by Gasteiger charge is -2.18. The van der Waals surface area contributed by atoms with E-state index in [4.69, 9.17) is 14.2 Å². The van der Waals surface area contributed by atoms with E-state index >= 15 is 0 Å². The van der Waals surface area contributed by atoms with Crippen LogP contribution in [0.5, 0.6) is 11.5 Å². The highest BCUT2D eigenvalue weighted by molar-refractivity contribution is 5.99. The molecule has 126 valence electrons. The van der Waals surface area contributed by atoms with E-state index in [-0.39, 0.29) is 5.91 Å². The van der Waals surface area contributed by atoms with Crippen LogP contribution in [0.1, 0.15) is 16.8 Å². The standard InChI is InChI=1S/C17H19N3O4/c21-17(18-8-11-3-4-22-10-11)13-9-19-20-16(13)12-1-2-14-15(7-12)24-6-5-23-14/h1-2,7,9,11H,3-6,8,10H2,(H,18,21)(H,19,20)/t11-/m1/s1. The van der Waals surface area contributed by atoms with Gasteiger partial charge in [-0.05, 0) is 24.6 Å². The Hall–Kier alpha value is -2.54. The number of nitrogens with one attached hydrogen (secondary N) is 2. The summed E-state index contributed by atoms with van der Waals surface area (Å²) in [5.74, 6) is 1.65. The van der Waals surface area contributed by atoms with Crippen LogP contribution in [-0.2, 0) is 4.74 Å². The average molecular weight is 329 g/mol. The third-order valence-corrected chi connectivity index (χ3v) is 4.29. The van der Waals surface area contributed by atoms with Crippen molar-refractivity contribution in [2.75, 3.05) is 33.0 Å². The maximum Gasteiger partial charge on any atom is 0.255 e. The van der Waals surface area contributed by atoms with Gasteiger partial charge in [-0.25, -0.2) is 0 Å². The third-order valence-electron chi connectivity index (χ3n) is 4.29. The molecule has 24 heavy (non-hydrogen) atoms. The quantitative estimate of drug-likeness (QED) is 0.890. The van der Waals surface area contributed by atoms with Gasteiger partial charge in [0.25, 0.3) is 5.91 Å². The summed E-state index contributed by atoms with van der Waals surface area (Å²) in [7, 11) is 0. The molecule has 0 spiro atoms. The lowest BCUT2D eigenvalue weighted by atomic mass is 10.1. The van der Waals surface area contributed by atoms with Crippen LogP contribution in [0.25, 0.3) is 11.3 Å². The number of aromatic nitrogens is 2. The Morgan fingerprint density at radius 3 is 2.96 bits per heavy atom. The van der Waals surface area contributed by atoms with Crippen molar-refractivity contribution < 1.29 is 19.0 Å². The highest BCUT2D eigenvalue weighted by Crippen LogP contribution is 2.34. The number of rotatable bonds is 4. The van der Waals surface area contributed by atoms with Gasteiger partial charge in [0.15, 0.2) is 11.5 Å². The van der Waals surface area contributed by atoms with Crippen molar-refractivity contribution in [2.24, 2.45) is 5.92 Å². The van der Waals surface area contributed by atoms with Gasteiger partial charge in [-0.3, -0.25) is 9.89 Å². The summed E-state index contributed by atoms with van der Waals surface area (Å²) in [6.45, 7) is 3.17. The number of aromatic amines is 1. The van der Waals surface area contributed by atoms with Crippen LogP contribution in [0.2, 0.25) is 0 Å². The van der Waals surface area contributed by atoms with E-state index in [1.165, 1.54) is 0 Å². The third kappa shape index (κ3) is 2.94. The summed E-state index contributed by atoms with van der Waals surface area (Å²) in [6.07, 6.45) is 2.54. The molecule has 2 aromatic rings. The second-order valence-corrected chi connectivity index (χ2v) is 5.96. The van der Waals surface area contributed by atoms with Gasteiger partial charge in [0, 0.05) is 24.6 Å². The van der Waals surface area contributed by atoms with Crippen LogP contribution in [0.15, 0.2) is 24.4 Å². The Balaban J connectivity index is 1.52. The van der Waals surface area contributed by atoms with Crippen LogP contribution in [-0.4, -0.2) is 49.1 Å². The first-order valence-electron chi connectivity index (χ1n) is 8.10. The van der Waals surface area contributed by atoms with E-state index in [0.29, 0.717) is 49.3 Å². The van der Waals surface area contributed by atoms with E-state index in [1.54, 1.807) is 6.20 Å². The summed E-state index contributed by atoms with van der Waals surface area (Å²) in [5, 5.41) is 9.90. The number of hydrogen-bond donors (Lipinski definition) is 2. The molecule has 1 amide bonds. The van der Waals surface area contributed by atoms with Crippen LogP contribution in [0.4, 0.5) is 0 Å². The van der Waals surface area contributed by atoms with E-state index in [9.17, 15) is 4.79 Å². The minimum Gasteiger partial charge on any atom is -0.486 e. The van der Waals surface area contributed by atoms with E-state index in [1.807, 2.05) is 18.2 Å². The molecule has 2 aliphatic rings. The van der Waals surface area contributed by atoms with Gasteiger partial charge in [0.2, 0.25) is 0 Å². The molecule has 0 radical (unpaired) electrons. The second kappa shape index (κ2) is 6.52. The van der Waals surface area contributed by atoms with Gasteiger partial charge >= 0.3 is 0 Å². The van der Waals surface area contributed by atoms with Gasteiger partial charge in [-0.2, -0.15) is 5.10 Å². The Morgan fingerprint density at radius 2 is 2.12 bits per heavy atom. The SMILES string of the molecule is O=C(NC[C@H]1CCOC1)c1cn[nH]c1-c1ccc2c(c1)OCCO2. The fourth-order valence-corrected chi connectivity index (χ4v) is 2.95. The van der Waals surface area contributed by atoms with Crippen molar-refractivity contribution in [3.63, 3.8) is 0 Å². The summed E-state index contributed by atoms with van der Waals surface area (Å²) in [6, 6.07) is 5.61. The first kappa shape index (κ1) is 15.0. The van der Waals surface area contributed by atoms with Gasteiger partial charge in [0.1, 0.15) is 13.2 Å². The molecule has 3 heterocycles. The molecule has 0 saturated carbocycles. The molecule has 2 N–H and O–H groups in total. The Morgan fingerprint density at radius 1 is 1.25 bits per heavy atom. The van der Waals surface area contributed by atoms with Gasteiger partial charge in [0.05, 0.1) is 24.1 Å². The fourth-order valence-electron chi connectivity index (χ4n) is 2.95. The molecule has 7 heteroatoms. The number of fused-ring (bicyclic) bond motifs is 1. The summed E-state index contributed by atoms with van der Waals surface area (Å²) in [4.78, 5) is 12.5. The lowest BCUT2D eigenvalue weighted by Crippen LogP contribution is -2.29. The van der Waals surface area contributed by atoms with Crippen molar-refractivity contribution in [3.05, 3.63) is 30.0 Å². The number of carbonyl (C=O) groups excluding carboxylic acids is 1. The number of nitrogens with zero attached hydrogens (tertiary/aromatic N) is 1. The zero-order valence-electron chi connectivity index (χ0n) is 13.2. The molecule has 7 nitrogen and oxygen atoms in total. The molecule has 0 aliphatic carbocycles. The number of ether oxygens (including phenoxy) is 3. The number of amides is 1. The van der Waals surface area contributed by atoms with Crippen LogP contribution in [0.3, 0.4) is 0 Å². The molecular weight excluding hydrogens is 310 g/mol. The smallest absolute Gasteiger partial charge is 0.255 e. The molecule has 1 aromatic carbocycles. The molecule has 4 rings (SSSR count). The summed E-state index contributed by atoms with van der Waals surface area (Å²) >= 11 is 0. The summed E-state index contributed by atoms with van der Waals surface area (Å²) in [5.41, 5.74) is 2.03. The number of H-pyrrole nitrogens is 1. The predicted octanol–water partition coefficient (Wildman–Crippen LogP) is 1.61. The topological polar surface area (TPSA) is 85.5 Å². The summed E-state index contributed by atoms with van der Waals surface area (Å²) < 4.78 is 16.5. The maximum atomic E-state index is 12.5. The molecule has 1 aromatic heterocycles. The highest BCUT2D eigenvalue weighted by atomic mass is 16.6. The van der Waals surface area contributed by atoms with E-state index in [0.717, 1.165) is 24.3 Å². The Bertz CT molecular complexity index is 737. The fraction of sp³-hybridized carbons (Fsp3) is 0.412. The lowest BCUT2D eigenvalue weighted by molar-refractivity contribution is 0.0945. The minimum atomic E-state index is -0.138. The monoisotopic (exact) mass is 329 g/mol. The molecular formula is C17H19N3O4. The highest BCUT2D eigenvalue weighted by Gasteiger charge is 2.21. The first-order chi connectivity index (χ1) is 11.8. The zero-order valence-corrected chi connectivity index (χ0v) is 13.2. The maximum absolute atomic E-state index is 12.5. The van der Waals surface area contributed by atoms with Crippen LogP contribution in [0, 0.1) is 5.92 Å². The van der Waals surface area contributed by atoms with E-state index < -0.39 is 0 Å². The molecule has 0 unspecified atom stereocenters. The van der Waals surface area contributed by atoms with Crippen molar-refractivity contribution in [3.8, 4) is 22.8 Å². The largest absolute Gasteiger partial charge is 0.486 e. The molecule has 1 saturated heterocycles. The normalized spacial score (nSPS) is 19.2. The molecule has 0 bridgehead atoms. The van der Waals surface area contributed by atoms with Crippen molar-refractivity contribution in [1.29, 1.82) is 0 Å². The Kier molecular flexibility index (Phi) is 4.08. The number of carbonyl (C=O) groups is 1. The first-order valence-corrected chi connectivity index (χ1v) is 8.10. The molecule has 1 atom stereocenters. The molecule has 1 fully saturated rings. The molecule has 2 aliphatic heterocycles. The minimum absolute atomic E-state index is 0.138. The van der Waals surface area contributed by atoms with Crippen molar-refractivity contribution >= 4 is 5.91 Å². The number of hydrogen-bond acceptors (Lipinski definition) is 5. The average Bonchev–Trinajstić information content (AvgIpc) is 3.31. The Labute approximate surface area is 139 Å².